The van der Waals surface area contributed by atoms with Gasteiger partial charge >= 0.3 is 334 Å². The number of hydrogen-bond acceptors (Lipinski definition) is 0. The van der Waals surface area contributed by atoms with E-state index in [1.807, 2.05) is 0 Å². The zero-order chi connectivity index (χ0) is 37.7. The molecule has 0 heterocycles. The van der Waals surface area contributed by atoms with Crippen molar-refractivity contribution in [2.24, 2.45) is 0 Å². The van der Waals surface area contributed by atoms with Crippen LogP contribution in [-0.2, 0) is 28.1 Å². The molecule has 0 radical (unpaired) electrons. The second-order valence-corrected chi connectivity index (χ2v) is 125. The molecule has 0 aliphatic heterocycles. The summed E-state index contributed by atoms with van der Waals surface area (Å²) < 4.78 is 1.70. The zero-order valence-corrected chi connectivity index (χ0v) is 42.7. The van der Waals surface area contributed by atoms with Crippen molar-refractivity contribution in [1.82, 2.24) is 0 Å². The van der Waals surface area contributed by atoms with Crippen LogP contribution in [0.2, 0.25) is 21.4 Å². The summed E-state index contributed by atoms with van der Waals surface area (Å²) in [6.45, 7) is 12.0. The molecule has 0 spiro atoms. The third kappa shape index (κ3) is 5.28. The van der Waals surface area contributed by atoms with Crippen LogP contribution in [-0.4, -0.2) is 13.3 Å². The molecule has 0 saturated carbocycles. The van der Waals surface area contributed by atoms with E-state index in [4.69, 9.17) is 34.1 Å². The van der Waals surface area contributed by atoms with E-state index in [-0.39, 0.29) is 14.5 Å². The molecular weight excluding hydrogens is 921 g/mol. The fraction of sp³-hybridized carbons (Fsp3) is 0.289. The molecule has 4 aliphatic carbocycles. The van der Waals surface area contributed by atoms with Crippen LogP contribution in [0.25, 0.3) is 24.3 Å². The van der Waals surface area contributed by atoms with E-state index in [1.54, 1.807) is 0 Å². The van der Waals surface area contributed by atoms with E-state index >= 15 is 0 Å². The summed E-state index contributed by atoms with van der Waals surface area (Å²) in [5.74, 6) is 0. The molecule has 0 N–H and O–H groups in total. The van der Waals surface area contributed by atoms with E-state index in [0.29, 0.717) is 0 Å². The van der Waals surface area contributed by atoms with Crippen molar-refractivity contribution in [3.63, 3.8) is 0 Å². The van der Waals surface area contributed by atoms with Crippen molar-refractivity contribution < 1.29 is 28.1 Å². The van der Waals surface area contributed by atoms with Crippen LogP contribution in [0.1, 0.15) is 93.1 Å². The van der Waals surface area contributed by atoms with Crippen LogP contribution >= 0.6 is 34.1 Å². The molecule has 0 amide bonds. The molecule has 8 heteroatoms. The molecule has 4 atom stereocenters. The minimum atomic E-state index is -5.63. The first-order valence-electron chi connectivity index (χ1n) is 19.7. The fourth-order valence-electron chi connectivity index (χ4n) is 13.2. The van der Waals surface area contributed by atoms with Gasteiger partial charge in [-0.25, -0.2) is 0 Å². The van der Waals surface area contributed by atoms with E-state index in [0.717, 1.165) is 14.7 Å². The summed E-state index contributed by atoms with van der Waals surface area (Å²) in [5.41, 5.74) is 15.7. The fourth-order valence-corrected chi connectivity index (χ4v) is 102. The van der Waals surface area contributed by atoms with Crippen LogP contribution in [0.4, 0.5) is 0 Å². The molecule has 4 unspecified atom stereocenters. The molecule has 0 nitrogen and oxygen atoms in total. The zero-order valence-electron chi connectivity index (χ0n) is 31.9. The van der Waals surface area contributed by atoms with Gasteiger partial charge in [-0.3, -0.25) is 0 Å². The standard InChI is InChI=1S/4C10H9.C3H6.2CH5Si.4ClH.2Zr/c4*1-8-6-9-4-2-3-5-10(9)7-8;1-3-2;2*1-2;;;;;;/h4*2-7H,1H3;1-3H2;2*2H2,1H3;4*1H;;/q;;;;;;;;;;;2*+2/p-4. The average molecular weight is 973 g/mol. The Morgan fingerprint density at radius 1 is 0.415 bits per heavy atom. The predicted molar refractivity (Wildman–Crippen MR) is 238 cm³/mol. The summed E-state index contributed by atoms with van der Waals surface area (Å²) in [6.07, 6.45) is 10.4. The first-order chi connectivity index (χ1) is 25.0. The first-order valence-corrected chi connectivity index (χ1v) is 56.2. The van der Waals surface area contributed by atoms with Crippen molar-refractivity contribution in [1.29, 1.82) is 0 Å². The van der Waals surface area contributed by atoms with E-state index in [2.05, 4.69) is 162 Å². The van der Waals surface area contributed by atoms with E-state index < -0.39 is 41.4 Å². The van der Waals surface area contributed by atoms with Crippen LogP contribution < -0.4 is 0 Å². The van der Waals surface area contributed by atoms with Crippen molar-refractivity contribution in [3.8, 4) is 0 Å². The SMILES string of the molecule is C[SiH2][Zr]([Cl])([Cl])([CH2]C[CH2][Zr]([Cl])([Cl])([SiH2]C)([CH]1C(C)=Cc2ccccc21)[CH]1C(C)=Cc2ccccc21)([CH]1C(C)=Cc2ccccc21)[CH]1C(C)=Cc2ccccc21. The molecule has 4 aromatic carbocycles. The molecule has 8 rings (SSSR count). The van der Waals surface area contributed by atoms with Gasteiger partial charge in [-0.2, -0.15) is 0 Å². The molecule has 53 heavy (non-hydrogen) atoms. The van der Waals surface area contributed by atoms with E-state index in [1.165, 1.54) is 66.8 Å². The van der Waals surface area contributed by atoms with Crippen LogP contribution in [0.3, 0.4) is 0 Å². The van der Waals surface area contributed by atoms with Crippen molar-refractivity contribution in [2.75, 3.05) is 0 Å². The molecule has 4 aromatic rings. The maximum atomic E-state index is 9.17. The Hall–Kier alpha value is -0.800. The summed E-state index contributed by atoms with van der Waals surface area (Å²) in [6, 6.07) is 35.6. The molecule has 0 aromatic heterocycles. The van der Waals surface area contributed by atoms with Gasteiger partial charge in [0.2, 0.25) is 0 Å². The van der Waals surface area contributed by atoms with Gasteiger partial charge in [-0.05, 0) is 0 Å². The van der Waals surface area contributed by atoms with Gasteiger partial charge in [-0.15, -0.1) is 0 Å². The first kappa shape index (κ1) is 39.0. The number of fused-ring (bicyclic) bond motifs is 4. The molecule has 0 bridgehead atoms. The number of halogens is 4. The Kier molecular flexibility index (Phi) is 9.10. The average Bonchev–Trinajstić information content (AvgIpc) is 3.87. The van der Waals surface area contributed by atoms with Crippen LogP contribution in [0.5, 0.6) is 0 Å². The summed E-state index contributed by atoms with van der Waals surface area (Å²) in [4.78, 5) is 0. The molecule has 0 saturated heterocycles. The summed E-state index contributed by atoms with van der Waals surface area (Å²) in [5, 5.41) is 0. The molecular formula is C45H52Cl4Si2Zr2. The summed E-state index contributed by atoms with van der Waals surface area (Å²) >= 11 is -11.3. The van der Waals surface area contributed by atoms with Crippen LogP contribution in [0.15, 0.2) is 119 Å². The molecule has 0 fully saturated rings. The number of rotatable bonds is 10. The van der Waals surface area contributed by atoms with Crippen molar-refractivity contribution >= 4 is 71.6 Å². The van der Waals surface area contributed by atoms with Gasteiger partial charge < -0.3 is 0 Å². The Bertz CT molecular complexity index is 2080. The third-order valence-electron chi connectivity index (χ3n) is 15.3. The van der Waals surface area contributed by atoms with Gasteiger partial charge in [-0.1, -0.05) is 0 Å². The monoisotopic (exact) mass is 968 g/mol. The Labute approximate surface area is 329 Å². The topological polar surface area (TPSA) is 0 Å². The third-order valence-corrected chi connectivity index (χ3v) is 125. The Morgan fingerprint density at radius 3 is 0.868 bits per heavy atom. The van der Waals surface area contributed by atoms with E-state index in [9.17, 15) is 0 Å². The number of allylic oxidation sites excluding steroid dienone is 4. The maximum absolute atomic E-state index is 9.17. The van der Waals surface area contributed by atoms with Crippen molar-refractivity contribution in [2.45, 2.75) is 70.0 Å². The number of benzene rings is 4. The van der Waals surface area contributed by atoms with Gasteiger partial charge in [0.05, 0.1) is 0 Å². The van der Waals surface area contributed by atoms with Gasteiger partial charge in [0.15, 0.2) is 0 Å². The molecule has 4 aliphatic rings. The summed E-state index contributed by atoms with van der Waals surface area (Å²) in [7, 11) is 36.7. The van der Waals surface area contributed by atoms with Gasteiger partial charge in [0, 0.05) is 0 Å². The van der Waals surface area contributed by atoms with Gasteiger partial charge in [0.1, 0.15) is 0 Å². The van der Waals surface area contributed by atoms with Gasteiger partial charge in [0.25, 0.3) is 0 Å². The minimum absolute atomic E-state index is 0.0229. The number of hydrogen-bond donors (Lipinski definition) is 0. The second kappa shape index (κ2) is 12.4. The Morgan fingerprint density at radius 2 is 0.642 bits per heavy atom. The predicted octanol–water partition coefficient (Wildman–Crippen LogP) is 14.2. The quantitative estimate of drug-likeness (QED) is 0.139. The Balaban J connectivity index is 1.36. The molecule has 276 valence electrons. The van der Waals surface area contributed by atoms with Crippen LogP contribution in [0, 0.1) is 0 Å². The van der Waals surface area contributed by atoms with Crippen molar-refractivity contribution in [3.05, 3.63) is 164 Å². The normalized spacial score (nSPS) is 24.8. The second-order valence-electron chi connectivity index (χ2n) is 17.9.